The van der Waals surface area contributed by atoms with E-state index in [2.05, 4.69) is 20.0 Å². The molecule has 4 N–H and O–H groups in total. The number of nitrogens with one attached hydrogen (secondary N) is 2. The Morgan fingerprint density at radius 3 is 2.77 bits per heavy atom. The summed E-state index contributed by atoms with van der Waals surface area (Å²) in [5.41, 5.74) is 9.94. The van der Waals surface area contributed by atoms with Crippen LogP contribution in [-0.4, -0.2) is 42.0 Å². The molecule has 9 heteroatoms. The van der Waals surface area contributed by atoms with E-state index in [9.17, 15) is 4.21 Å². The largest absolute Gasteiger partial charge is 0.377 e. The van der Waals surface area contributed by atoms with Gasteiger partial charge >= 0.3 is 0 Å². The first-order chi connectivity index (χ1) is 15.0. The quantitative estimate of drug-likeness (QED) is 0.476. The molecule has 0 bridgehead atoms. The van der Waals surface area contributed by atoms with E-state index in [-0.39, 0.29) is 6.04 Å². The third-order valence-electron chi connectivity index (χ3n) is 5.18. The van der Waals surface area contributed by atoms with E-state index in [1.54, 1.807) is 0 Å². The normalized spacial score (nSPS) is 19.8. The molecule has 2 aromatic rings. The van der Waals surface area contributed by atoms with E-state index in [1.807, 2.05) is 55.5 Å². The van der Waals surface area contributed by atoms with Crippen molar-refractivity contribution in [3.05, 3.63) is 76.1 Å². The SMILES string of the molecule is Cc1c(Cl)cccc1C1=NC(N)NC(NCCc2ccc([SH](=O)=NC3COC3)cc2)=C1. The number of benzene rings is 2. The predicted molar refractivity (Wildman–Crippen MR) is 125 cm³/mol. The molecule has 2 aromatic carbocycles. The number of nitrogens with zero attached hydrogens (tertiary/aromatic N) is 2. The minimum atomic E-state index is -1.72. The summed E-state index contributed by atoms with van der Waals surface area (Å²) in [7, 11) is -1.72. The first-order valence-corrected chi connectivity index (χ1v) is 11.7. The fraction of sp³-hybridized carbons (Fsp3) is 0.318. The number of allylic oxidation sites excluding steroid dienone is 1. The summed E-state index contributed by atoms with van der Waals surface area (Å²) in [6.07, 6.45) is 2.23. The maximum Gasteiger partial charge on any atom is 0.173 e. The van der Waals surface area contributed by atoms with Crippen molar-refractivity contribution in [1.29, 1.82) is 0 Å². The van der Waals surface area contributed by atoms with Gasteiger partial charge in [0.25, 0.3) is 0 Å². The molecule has 31 heavy (non-hydrogen) atoms. The van der Waals surface area contributed by atoms with Crippen molar-refractivity contribution in [1.82, 2.24) is 10.6 Å². The summed E-state index contributed by atoms with van der Waals surface area (Å²) in [5, 5.41) is 7.22. The van der Waals surface area contributed by atoms with E-state index in [1.165, 1.54) is 0 Å². The van der Waals surface area contributed by atoms with Gasteiger partial charge in [-0.05, 0) is 42.7 Å². The number of ether oxygens (including phenoxy) is 1. The van der Waals surface area contributed by atoms with Gasteiger partial charge in [0, 0.05) is 28.1 Å². The molecule has 2 aliphatic rings. The van der Waals surface area contributed by atoms with Gasteiger partial charge in [0.1, 0.15) is 11.9 Å². The van der Waals surface area contributed by atoms with Gasteiger partial charge in [0.05, 0.1) is 29.5 Å². The van der Waals surface area contributed by atoms with Crippen LogP contribution in [0.25, 0.3) is 0 Å². The van der Waals surface area contributed by atoms with Crippen molar-refractivity contribution in [3.63, 3.8) is 0 Å². The Bertz CT molecular complexity index is 1090. The Kier molecular flexibility index (Phi) is 6.92. The number of hydrogen-bond acceptors (Lipinski definition) is 7. The van der Waals surface area contributed by atoms with E-state index >= 15 is 0 Å². The maximum atomic E-state index is 12.3. The monoisotopic (exact) mass is 459 g/mol. The van der Waals surface area contributed by atoms with Gasteiger partial charge in [-0.3, -0.25) is 5.73 Å². The fourth-order valence-corrected chi connectivity index (χ4v) is 4.47. The second kappa shape index (κ2) is 9.82. The summed E-state index contributed by atoms with van der Waals surface area (Å²) in [6.45, 7) is 3.82. The lowest BCUT2D eigenvalue weighted by atomic mass is 10.0. The highest BCUT2D eigenvalue weighted by molar-refractivity contribution is 7.75. The zero-order valence-corrected chi connectivity index (χ0v) is 18.9. The zero-order chi connectivity index (χ0) is 21.8. The maximum absolute atomic E-state index is 12.3. The van der Waals surface area contributed by atoms with E-state index < -0.39 is 16.9 Å². The third-order valence-corrected chi connectivity index (χ3v) is 6.87. The van der Waals surface area contributed by atoms with Crippen molar-refractivity contribution in [3.8, 4) is 0 Å². The predicted octanol–water partition coefficient (Wildman–Crippen LogP) is 2.38. The molecule has 7 nitrogen and oxygen atoms in total. The molecule has 0 radical (unpaired) electrons. The molecule has 0 spiro atoms. The lowest BCUT2D eigenvalue weighted by Gasteiger charge is -2.23. The molecule has 0 aliphatic carbocycles. The minimum Gasteiger partial charge on any atom is -0.377 e. The lowest BCUT2D eigenvalue weighted by Crippen LogP contribution is -2.43. The van der Waals surface area contributed by atoms with Crippen LogP contribution in [-0.2, 0) is 21.8 Å². The molecular weight excluding hydrogens is 434 g/mol. The third kappa shape index (κ3) is 5.46. The molecule has 2 aliphatic heterocycles. The van der Waals surface area contributed by atoms with Crippen molar-refractivity contribution in [2.45, 2.75) is 30.6 Å². The Hall–Kier alpha value is -2.39. The van der Waals surface area contributed by atoms with Crippen LogP contribution >= 0.6 is 11.6 Å². The Balaban J connectivity index is 1.36. The molecule has 2 heterocycles. The number of nitrogens with two attached hydrogens (primary N) is 1. The van der Waals surface area contributed by atoms with Crippen LogP contribution in [0.15, 0.2) is 68.6 Å². The zero-order valence-electron chi connectivity index (χ0n) is 17.2. The molecule has 1 fully saturated rings. The van der Waals surface area contributed by atoms with Gasteiger partial charge in [0.15, 0.2) is 6.29 Å². The first kappa shape index (κ1) is 21.8. The lowest BCUT2D eigenvalue weighted by molar-refractivity contribution is 0.0141. The van der Waals surface area contributed by atoms with Crippen LogP contribution in [0.1, 0.15) is 16.7 Å². The highest BCUT2D eigenvalue weighted by Gasteiger charge is 2.17. The van der Waals surface area contributed by atoms with Crippen LogP contribution in [0.4, 0.5) is 0 Å². The van der Waals surface area contributed by atoms with Crippen LogP contribution in [0.3, 0.4) is 0 Å². The average Bonchev–Trinajstić information content (AvgIpc) is 2.72. The van der Waals surface area contributed by atoms with Gasteiger partial charge in [-0.25, -0.2) is 13.6 Å². The number of thiol groups is 1. The Morgan fingerprint density at radius 2 is 2.06 bits per heavy atom. The van der Waals surface area contributed by atoms with Crippen molar-refractivity contribution < 1.29 is 8.95 Å². The molecule has 164 valence electrons. The second-order valence-electron chi connectivity index (χ2n) is 7.50. The van der Waals surface area contributed by atoms with Crippen LogP contribution in [0.2, 0.25) is 5.02 Å². The van der Waals surface area contributed by atoms with Crippen LogP contribution < -0.4 is 16.4 Å². The summed E-state index contributed by atoms with van der Waals surface area (Å²) in [6, 6.07) is 13.6. The van der Waals surface area contributed by atoms with Gasteiger partial charge < -0.3 is 15.4 Å². The molecule has 0 saturated carbocycles. The summed E-state index contributed by atoms with van der Waals surface area (Å²) < 4.78 is 21.6. The molecule has 4 rings (SSSR count). The summed E-state index contributed by atoms with van der Waals surface area (Å²) >= 11 is 6.25. The van der Waals surface area contributed by atoms with Gasteiger partial charge in [-0.1, -0.05) is 35.9 Å². The van der Waals surface area contributed by atoms with Gasteiger partial charge in [-0.2, -0.15) is 0 Å². The highest BCUT2D eigenvalue weighted by atomic mass is 35.5. The molecular formula is C22H26ClN5O2S. The number of aliphatic imine (C=N–C) groups is 1. The first-order valence-electron chi connectivity index (χ1n) is 10.2. The fourth-order valence-electron chi connectivity index (χ4n) is 3.33. The van der Waals surface area contributed by atoms with Crippen molar-refractivity contribution >= 4 is 27.9 Å². The molecule has 2 unspecified atom stereocenters. The second-order valence-corrected chi connectivity index (χ2v) is 9.20. The Morgan fingerprint density at radius 1 is 1.29 bits per heavy atom. The molecule has 2 atom stereocenters. The van der Waals surface area contributed by atoms with Crippen molar-refractivity contribution in [2.75, 3.05) is 19.8 Å². The van der Waals surface area contributed by atoms with Gasteiger partial charge in [0.2, 0.25) is 0 Å². The molecule has 0 aromatic heterocycles. The number of hydrogen-bond donors (Lipinski definition) is 4. The topological polar surface area (TPSA) is 101 Å². The van der Waals surface area contributed by atoms with E-state index in [0.717, 1.165) is 39.5 Å². The number of halogens is 1. The van der Waals surface area contributed by atoms with Crippen LogP contribution in [0.5, 0.6) is 0 Å². The van der Waals surface area contributed by atoms with Crippen LogP contribution in [0, 0.1) is 6.92 Å². The van der Waals surface area contributed by atoms with Crippen molar-refractivity contribution in [2.24, 2.45) is 15.1 Å². The standard InChI is InChI=1S/C22H26ClN5O2S/c1-14-18(3-2-4-19(14)23)20-11-21(27-22(24)26-20)25-10-9-15-5-7-17(8-6-15)31(29)28-16-12-30-13-16/h2-8,11,16,22,25,27,31H,9-10,12-13,24H2,1H3. The Labute approximate surface area is 188 Å². The average molecular weight is 460 g/mol. The van der Waals surface area contributed by atoms with E-state index in [4.69, 9.17) is 22.1 Å². The summed E-state index contributed by atoms with van der Waals surface area (Å²) in [4.78, 5) is 5.24. The highest BCUT2D eigenvalue weighted by Crippen LogP contribution is 2.21. The van der Waals surface area contributed by atoms with E-state index in [0.29, 0.717) is 24.8 Å². The minimum absolute atomic E-state index is 0.0688. The van der Waals surface area contributed by atoms with Gasteiger partial charge in [-0.15, -0.1) is 0 Å². The summed E-state index contributed by atoms with van der Waals surface area (Å²) in [5.74, 6) is 0.818. The number of rotatable bonds is 7. The molecule has 0 amide bonds. The molecule has 1 saturated heterocycles. The smallest absolute Gasteiger partial charge is 0.173 e.